The van der Waals surface area contributed by atoms with E-state index in [1.54, 1.807) is 54.6 Å². The van der Waals surface area contributed by atoms with Gasteiger partial charge in [0.15, 0.2) is 11.5 Å². The molecule has 0 aliphatic heterocycles. The molecule has 3 aromatic rings. The Morgan fingerprint density at radius 3 is 2.53 bits per heavy atom. The van der Waals surface area contributed by atoms with Crippen molar-refractivity contribution in [3.05, 3.63) is 87.1 Å². The first-order chi connectivity index (χ1) is 16.4. The molecule has 0 aliphatic rings. The predicted molar refractivity (Wildman–Crippen MR) is 132 cm³/mol. The van der Waals surface area contributed by atoms with Gasteiger partial charge in [-0.2, -0.15) is 5.10 Å². The van der Waals surface area contributed by atoms with Gasteiger partial charge in [0, 0.05) is 16.3 Å². The van der Waals surface area contributed by atoms with E-state index in [0.29, 0.717) is 44.4 Å². The standard InChI is InChI=1S/C24H20BrClFN3O4/c1-2-33-21-12-15(11-19(25)22(21)34-14-16-5-3-4-6-20(16)27)13-28-30-24(32)23(31)29-18-9-7-17(26)8-10-18/h3-13H,2,14H2,1H3,(H,29,31)(H,30,32)/b28-13+. The number of hydrogen-bond donors (Lipinski definition) is 2. The molecule has 176 valence electrons. The number of ether oxygens (including phenoxy) is 2. The van der Waals surface area contributed by atoms with E-state index >= 15 is 0 Å². The normalized spacial score (nSPS) is 10.7. The van der Waals surface area contributed by atoms with Crippen LogP contribution in [0.5, 0.6) is 11.5 Å². The van der Waals surface area contributed by atoms with E-state index in [1.807, 2.05) is 6.92 Å². The molecule has 0 spiro atoms. The lowest BCUT2D eigenvalue weighted by Crippen LogP contribution is -2.32. The number of nitrogens with zero attached hydrogens (tertiary/aromatic N) is 1. The average molecular weight is 549 g/mol. The van der Waals surface area contributed by atoms with Crippen LogP contribution in [0.15, 0.2) is 70.2 Å². The number of nitrogens with one attached hydrogen (secondary N) is 2. The number of amides is 2. The van der Waals surface area contributed by atoms with Gasteiger partial charge in [0.2, 0.25) is 0 Å². The fourth-order valence-electron chi connectivity index (χ4n) is 2.77. The number of halogens is 3. The average Bonchev–Trinajstić information content (AvgIpc) is 2.81. The SMILES string of the molecule is CCOc1cc(/C=N/NC(=O)C(=O)Nc2ccc(Cl)cc2)cc(Br)c1OCc1ccccc1F. The van der Waals surface area contributed by atoms with Crippen LogP contribution >= 0.6 is 27.5 Å². The molecule has 0 saturated carbocycles. The maximum Gasteiger partial charge on any atom is 0.329 e. The van der Waals surface area contributed by atoms with Gasteiger partial charge in [-0.1, -0.05) is 29.8 Å². The van der Waals surface area contributed by atoms with Gasteiger partial charge in [-0.05, 0) is 70.9 Å². The molecule has 3 aromatic carbocycles. The molecule has 10 heteroatoms. The highest BCUT2D eigenvalue weighted by molar-refractivity contribution is 9.10. The summed E-state index contributed by atoms with van der Waals surface area (Å²) >= 11 is 9.22. The highest BCUT2D eigenvalue weighted by atomic mass is 79.9. The zero-order chi connectivity index (χ0) is 24.5. The molecule has 0 saturated heterocycles. The van der Waals surface area contributed by atoms with Gasteiger partial charge in [-0.25, -0.2) is 9.82 Å². The van der Waals surface area contributed by atoms with Crippen molar-refractivity contribution in [3.8, 4) is 11.5 Å². The van der Waals surface area contributed by atoms with Crippen molar-refractivity contribution in [1.29, 1.82) is 0 Å². The maximum absolute atomic E-state index is 13.9. The maximum atomic E-state index is 13.9. The summed E-state index contributed by atoms with van der Waals surface area (Å²) in [5, 5.41) is 6.77. The number of carbonyl (C=O) groups excluding carboxylic acids is 2. The van der Waals surface area contributed by atoms with Crippen molar-refractivity contribution in [2.45, 2.75) is 13.5 Å². The van der Waals surface area contributed by atoms with Crippen LogP contribution in [0, 0.1) is 5.82 Å². The highest BCUT2D eigenvalue weighted by Crippen LogP contribution is 2.37. The predicted octanol–water partition coefficient (Wildman–Crippen LogP) is 5.31. The van der Waals surface area contributed by atoms with E-state index in [2.05, 4.69) is 31.8 Å². The van der Waals surface area contributed by atoms with Crippen molar-refractivity contribution in [1.82, 2.24) is 5.43 Å². The third kappa shape index (κ3) is 7.03. The molecule has 0 unspecified atom stereocenters. The lowest BCUT2D eigenvalue weighted by atomic mass is 10.2. The Labute approximate surface area is 209 Å². The van der Waals surface area contributed by atoms with Crippen LogP contribution in [-0.2, 0) is 16.2 Å². The monoisotopic (exact) mass is 547 g/mol. The molecular weight excluding hydrogens is 529 g/mol. The molecule has 0 aromatic heterocycles. The molecule has 0 atom stereocenters. The van der Waals surface area contributed by atoms with E-state index in [4.69, 9.17) is 21.1 Å². The third-order valence-electron chi connectivity index (χ3n) is 4.35. The van der Waals surface area contributed by atoms with Gasteiger partial charge in [0.25, 0.3) is 0 Å². The van der Waals surface area contributed by atoms with Gasteiger partial charge in [0.05, 0.1) is 17.3 Å². The number of benzene rings is 3. The summed E-state index contributed by atoms with van der Waals surface area (Å²) in [6.45, 7) is 2.19. The molecule has 34 heavy (non-hydrogen) atoms. The molecule has 0 fully saturated rings. The fraction of sp³-hybridized carbons (Fsp3) is 0.125. The van der Waals surface area contributed by atoms with Crippen molar-refractivity contribution in [2.75, 3.05) is 11.9 Å². The largest absolute Gasteiger partial charge is 0.490 e. The third-order valence-corrected chi connectivity index (χ3v) is 5.19. The quantitative estimate of drug-likeness (QED) is 0.227. The zero-order valence-corrected chi connectivity index (χ0v) is 20.3. The van der Waals surface area contributed by atoms with Crippen molar-refractivity contribution >= 4 is 51.2 Å². The summed E-state index contributed by atoms with van der Waals surface area (Å²) < 4.78 is 25.9. The smallest absolute Gasteiger partial charge is 0.329 e. The van der Waals surface area contributed by atoms with Crippen molar-refractivity contribution in [3.63, 3.8) is 0 Å². The number of anilines is 1. The summed E-state index contributed by atoms with van der Waals surface area (Å²) in [6.07, 6.45) is 1.35. The minimum absolute atomic E-state index is 0.0115. The first-order valence-electron chi connectivity index (χ1n) is 10.1. The second-order valence-electron chi connectivity index (χ2n) is 6.80. The van der Waals surface area contributed by atoms with Gasteiger partial charge < -0.3 is 14.8 Å². The molecular formula is C24H20BrClFN3O4. The number of carbonyl (C=O) groups is 2. The van der Waals surface area contributed by atoms with Crippen LogP contribution < -0.4 is 20.2 Å². The molecule has 0 heterocycles. The Bertz CT molecular complexity index is 1210. The van der Waals surface area contributed by atoms with E-state index in [1.165, 1.54) is 12.3 Å². The van der Waals surface area contributed by atoms with Crippen LogP contribution in [0.2, 0.25) is 5.02 Å². The van der Waals surface area contributed by atoms with Gasteiger partial charge in [-0.15, -0.1) is 0 Å². The topological polar surface area (TPSA) is 89.0 Å². The van der Waals surface area contributed by atoms with Crippen LogP contribution in [0.25, 0.3) is 0 Å². The number of hydrogen-bond acceptors (Lipinski definition) is 5. The van der Waals surface area contributed by atoms with E-state index in [9.17, 15) is 14.0 Å². The zero-order valence-electron chi connectivity index (χ0n) is 18.0. The molecule has 2 amide bonds. The van der Waals surface area contributed by atoms with Crippen LogP contribution in [0.4, 0.5) is 10.1 Å². The van der Waals surface area contributed by atoms with E-state index in [0.717, 1.165) is 0 Å². The second kappa shape index (κ2) is 12.2. The van der Waals surface area contributed by atoms with Gasteiger partial charge in [0.1, 0.15) is 12.4 Å². The van der Waals surface area contributed by atoms with Gasteiger partial charge in [-0.3, -0.25) is 9.59 Å². The molecule has 0 bridgehead atoms. The molecule has 2 N–H and O–H groups in total. The lowest BCUT2D eigenvalue weighted by molar-refractivity contribution is -0.136. The Kier molecular flexibility index (Phi) is 9.00. The summed E-state index contributed by atoms with van der Waals surface area (Å²) in [6, 6.07) is 16.0. The summed E-state index contributed by atoms with van der Waals surface area (Å²) in [4.78, 5) is 24.0. The van der Waals surface area contributed by atoms with Crippen molar-refractivity contribution < 1.29 is 23.5 Å². The van der Waals surface area contributed by atoms with Crippen molar-refractivity contribution in [2.24, 2.45) is 5.10 Å². The molecule has 0 aliphatic carbocycles. The molecule has 3 rings (SSSR count). The molecule has 7 nitrogen and oxygen atoms in total. The highest BCUT2D eigenvalue weighted by Gasteiger charge is 2.15. The Morgan fingerprint density at radius 2 is 1.82 bits per heavy atom. The lowest BCUT2D eigenvalue weighted by Gasteiger charge is -2.15. The Balaban J connectivity index is 1.65. The van der Waals surface area contributed by atoms with Gasteiger partial charge >= 0.3 is 11.8 Å². The van der Waals surface area contributed by atoms with Crippen LogP contribution in [0.1, 0.15) is 18.1 Å². The minimum Gasteiger partial charge on any atom is -0.490 e. The van der Waals surface area contributed by atoms with Crippen LogP contribution in [0.3, 0.4) is 0 Å². The number of rotatable bonds is 8. The first kappa shape index (κ1) is 25.2. The van der Waals surface area contributed by atoms with Crippen LogP contribution in [-0.4, -0.2) is 24.6 Å². The van der Waals surface area contributed by atoms with E-state index < -0.39 is 11.8 Å². The minimum atomic E-state index is -0.944. The first-order valence-corrected chi connectivity index (χ1v) is 11.3. The summed E-state index contributed by atoms with van der Waals surface area (Å²) in [5.41, 5.74) is 3.55. The summed E-state index contributed by atoms with van der Waals surface area (Å²) in [7, 11) is 0. The second-order valence-corrected chi connectivity index (χ2v) is 8.09. The Hall–Kier alpha value is -3.43. The molecule has 0 radical (unpaired) electrons. The Morgan fingerprint density at radius 1 is 1.09 bits per heavy atom. The van der Waals surface area contributed by atoms with E-state index in [-0.39, 0.29) is 12.4 Å². The fourth-order valence-corrected chi connectivity index (χ4v) is 3.47. The summed E-state index contributed by atoms with van der Waals surface area (Å²) in [5.74, 6) is -1.39. The number of hydrazone groups is 1.